The summed E-state index contributed by atoms with van der Waals surface area (Å²) in [4.78, 5) is 24.1. The number of aliphatic hydroxyl groups excluding tert-OH is 1. The molecule has 0 unspecified atom stereocenters. The van der Waals surface area contributed by atoms with Crippen molar-refractivity contribution in [3.63, 3.8) is 0 Å². The molecule has 0 radical (unpaired) electrons. The van der Waals surface area contributed by atoms with Crippen molar-refractivity contribution in [3.8, 4) is 0 Å². The van der Waals surface area contributed by atoms with Gasteiger partial charge in [-0.05, 0) is 26.2 Å². The Bertz CT molecular complexity index is 276. The van der Waals surface area contributed by atoms with E-state index in [-0.39, 0.29) is 13.2 Å². The summed E-state index contributed by atoms with van der Waals surface area (Å²) in [5, 5.41) is 20.3. The maximum atomic E-state index is 11.7. The van der Waals surface area contributed by atoms with Crippen LogP contribution in [0.1, 0.15) is 26.2 Å². The van der Waals surface area contributed by atoms with E-state index in [0.29, 0.717) is 19.4 Å². The van der Waals surface area contributed by atoms with Gasteiger partial charge in [0.05, 0.1) is 6.61 Å². The number of rotatable bonds is 5. The van der Waals surface area contributed by atoms with Crippen LogP contribution < -0.4 is 5.32 Å². The summed E-state index contributed by atoms with van der Waals surface area (Å²) >= 11 is 0. The molecule has 1 aliphatic carbocycles. The molecule has 0 aromatic heterocycles. The van der Waals surface area contributed by atoms with Crippen LogP contribution in [-0.4, -0.2) is 52.3 Å². The average Bonchev–Trinajstić information content (AvgIpc) is 2.18. The topological polar surface area (TPSA) is 89.9 Å². The van der Waals surface area contributed by atoms with Gasteiger partial charge in [0.2, 0.25) is 0 Å². The molecule has 1 aliphatic rings. The molecule has 16 heavy (non-hydrogen) atoms. The number of carbonyl (C=O) groups is 2. The van der Waals surface area contributed by atoms with Gasteiger partial charge in [-0.1, -0.05) is 0 Å². The Morgan fingerprint density at radius 3 is 2.38 bits per heavy atom. The fourth-order valence-corrected chi connectivity index (χ4v) is 1.73. The van der Waals surface area contributed by atoms with Crippen LogP contribution >= 0.6 is 0 Å². The van der Waals surface area contributed by atoms with Crippen LogP contribution in [0.25, 0.3) is 0 Å². The van der Waals surface area contributed by atoms with Crippen molar-refractivity contribution >= 4 is 12.0 Å². The molecule has 92 valence electrons. The molecule has 1 fully saturated rings. The smallest absolute Gasteiger partial charge is 0.329 e. The summed E-state index contributed by atoms with van der Waals surface area (Å²) in [6, 6.07) is -0.418. The molecule has 6 heteroatoms. The average molecular weight is 230 g/mol. The molecule has 0 spiro atoms. The van der Waals surface area contributed by atoms with E-state index in [1.807, 2.05) is 0 Å². The number of nitrogens with one attached hydrogen (secondary N) is 1. The van der Waals surface area contributed by atoms with Crippen molar-refractivity contribution < 1.29 is 19.8 Å². The monoisotopic (exact) mass is 230 g/mol. The van der Waals surface area contributed by atoms with Crippen molar-refractivity contribution in [2.75, 3.05) is 19.7 Å². The highest BCUT2D eigenvalue weighted by molar-refractivity contribution is 5.87. The van der Waals surface area contributed by atoms with E-state index in [1.54, 1.807) is 6.92 Å². The molecule has 1 saturated carbocycles. The third-order valence-corrected chi connectivity index (χ3v) is 3.00. The fraction of sp³-hybridized carbons (Fsp3) is 0.800. The van der Waals surface area contributed by atoms with Gasteiger partial charge in [0.1, 0.15) is 5.54 Å². The van der Waals surface area contributed by atoms with E-state index in [1.165, 1.54) is 4.90 Å². The molecular weight excluding hydrogens is 212 g/mol. The fourth-order valence-electron chi connectivity index (χ4n) is 1.73. The van der Waals surface area contributed by atoms with Crippen LogP contribution in [0.15, 0.2) is 0 Å². The molecule has 0 saturated heterocycles. The molecule has 0 aromatic rings. The van der Waals surface area contributed by atoms with Gasteiger partial charge in [-0.3, -0.25) is 0 Å². The first-order valence-electron chi connectivity index (χ1n) is 5.47. The van der Waals surface area contributed by atoms with Gasteiger partial charge in [0.25, 0.3) is 0 Å². The molecular formula is C10H18N2O4. The second kappa shape index (κ2) is 5.16. The lowest BCUT2D eigenvalue weighted by molar-refractivity contribution is -0.148. The number of carboxylic acids is 1. The van der Waals surface area contributed by atoms with Gasteiger partial charge < -0.3 is 20.4 Å². The van der Waals surface area contributed by atoms with Gasteiger partial charge >= 0.3 is 12.0 Å². The molecule has 2 amide bonds. The van der Waals surface area contributed by atoms with E-state index < -0.39 is 17.5 Å². The molecule has 3 N–H and O–H groups in total. The number of aliphatic hydroxyl groups is 1. The van der Waals surface area contributed by atoms with Crippen molar-refractivity contribution in [2.24, 2.45) is 0 Å². The predicted octanol–water partition coefficient (Wildman–Crippen LogP) is 0.0175. The van der Waals surface area contributed by atoms with E-state index in [4.69, 9.17) is 10.2 Å². The quantitative estimate of drug-likeness (QED) is 0.621. The minimum atomic E-state index is -1.08. The lowest BCUT2D eigenvalue weighted by atomic mass is 9.77. The summed E-state index contributed by atoms with van der Waals surface area (Å²) in [5.74, 6) is -0.979. The third-order valence-electron chi connectivity index (χ3n) is 3.00. The zero-order valence-corrected chi connectivity index (χ0v) is 9.40. The second-order valence-corrected chi connectivity index (χ2v) is 3.97. The third kappa shape index (κ3) is 2.44. The predicted molar refractivity (Wildman–Crippen MR) is 57.1 cm³/mol. The minimum absolute atomic E-state index is 0.124. The van der Waals surface area contributed by atoms with Gasteiger partial charge in [0.15, 0.2) is 0 Å². The normalized spacial score (nSPS) is 17.4. The number of aliphatic carboxylic acids is 1. The molecule has 0 atom stereocenters. The van der Waals surface area contributed by atoms with E-state index in [9.17, 15) is 9.59 Å². The Balaban J connectivity index is 2.58. The Morgan fingerprint density at radius 2 is 2.06 bits per heavy atom. The molecule has 6 nitrogen and oxygen atoms in total. The lowest BCUT2D eigenvalue weighted by Crippen LogP contribution is -2.61. The maximum Gasteiger partial charge on any atom is 0.329 e. The van der Waals surface area contributed by atoms with Gasteiger partial charge in [-0.2, -0.15) is 0 Å². The van der Waals surface area contributed by atoms with Gasteiger partial charge in [0, 0.05) is 13.1 Å². The second-order valence-electron chi connectivity index (χ2n) is 3.97. The standard InChI is InChI=1S/C10H18N2O4/c1-2-12(6-7-13)9(16)11-10(8(14)15)4-3-5-10/h13H,2-7H2,1H3,(H,11,16)(H,14,15). The van der Waals surface area contributed by atoms with E-state index >= 15 is 0 Å². The molecule has 0 aliphatic heterocycles. The first-order valence-corrected chi connectivity index (χ1v) is 5.47. The largest absolute Gasteiger partial charge is 0.480 e. The van der Waals surface area contributed by atoms with E-state index in [2.05, 4.69) is 5.32 Å². The number of hydrogen-bond acceptors (Lipinski definition) is 3. The van der Waals surface area contributed by atoms with Crippen LogP contribution in [0.3, 0.4) is 0 Å². The highest BCUT2D eigenvalue weighted by Gasteiger charge is 2.46. The Kier molecular flexibility index (Phi) is 4.12. The molecule has 1 rings (SSSR count). The van der Waals surface area contributed by atoms with Gasteiger partial charge in [-0.25, -0.2) is 9.59 Å². The van der Waals surface area contributed by atoms with Crippen molar-refractivity contribution in [2.45, 2.75) is 31.7 Å². The summed E-state index contributed by atoms with van der Waals surface area (Å²) in [6.45, 7) is 2.32. The summed E-state index contributed by atoms with van der Waals surface area (Å²) < 4.78 is 0. The summed E-state index contributed by atoms with van der Waals surface area (Å²) in [7, 11) is 0. The van der Waals surface area contributed by atoms with Crippen molar-refractivity contribution in [1.29, 1.82) is 0 Å². The summed E-state index contributed by atoms with van der Waals surface area (Å²) in [5.41, 5.74) is -1.08. The zero-order chi connectivity index (χ0) is 12.2. The van der Waals surface area contributed by atoms with Crippen LogP contribution in [0, 0.1) is 0 Å². The first-order chi connectivity index (χ1) is 7.55. The highest BCUT2D eigenvalue weighted by atomic mass is 16.4. The van der Waals surface area contributed by atoms with Crippen LogP contribution in [0.5, 0.6) is 0 Å². The molecule has 0 bridgehead atoms. The molecule has 0 aromatic carbocycles. The lowest BCUT2D eigenvalue weighted by Gasteiger charge is -2.39. The van der Waals surface area contributed by atoms with Gasteiger partial charge in [-0.15, -0.1) is 0 Å². The number of hydrogen-bond donors (Lipinski definition) is 3. The number of carboxylic acid groups (broad SMARTS) is 1. The summed E-state index contributed by atoms with van der Waals surface area (Å²) in [6.07, 6.45) is 1.77. The van der Waals surface area contributed by atoms with Crippen LogP contribution in [-0.2, 0) is 4.79 Å². The highest BCUT2D eigenvalue weighted by Crippen LogP contribution is 2.32. The Labute approximate surface area is 94.2 Å². The zero-order valence-electron chi connectivity index (χ0n) is 9.40. The molecule has 0 heterocycles. The van der Waals surface area contributed by atoms with Crippen LogP contribution in [0.2, 0.25) is 0 Å². The number of amides is 2. The van der Waals surface area contributed by atoms with E-state index in [0.717, 1.165) is 6.42 Å². The number of nitrogens with zero attached hydrogens (tertiary/aromatic N) is 1. The number of carbonyl (C=O) groups excluding carboxylic acids is 1. The Hall–Kier alpha value is -1.30. The maximum absolute atomic E-state index is 11.7. The first kappa shape index (κ1) is 12.8. The van der Waals surface area contributed by atoms with Crippen LogP contribution in [0.4, 0.5) is 4.79 Å². The minimum Gasteiger partial charge on any atom is -0.480 e. The van der Waals surface area contributed by atoms with Crippen molar-refractivity contribution in [1.82, 2.24) is 10.2 Å². The Morgan fingerprint density at radius 1 is 1.44 bits per heavy atom. The number of urea groups is 1. The number of likely N-dealkylation sites (N-methyl/N-ethyl adjacent to an activating group) is 1. The van der Waals surface area contributed by atoms with Crippen molar-refractivity contribution in [3.05, 3.63) is 0 Å². The SMILES string of the molecule is CCN(CCO)C(=O)NC1(C(=O)O)CCC1.